The van der Waals surface area contributed by atoms with E-state index < -0.39 is 12.7 Å². The van der Waals surface area contributed by atoms with Gasteiger partial charge in [-0.2, -0.15) is 15.3 Å². The van der Waals surface area contributed by atoms with Gasteiger partial charge in [-0.1, -0.05) is 169 Å². The van der Waals surface area contributed by atoms with Crippen LogP contribution in [0.15, 0.2) is 199 Å². The molecule has 0 saturated heterocycles. The van der Waals surface area contributed by atoms with Crippen molar-refractivity contribution in [2.24, 2.45) is 5.92 Å². The summed E-state index contributed by atoms with van der Waals surface area (Å²) in [7, 11) is -1.38. The summed E-state index contributed by atoms with van der Waals surface area (Å²) in [5.74, 6) is 0.637. The van der Waals surface area contributed by atoms with Crippen LogP contribution in [0.5, 0.6) is 0 Å². The number of aldehydes is 1. The van der Waals surface area contributed by atoms with Crippen molar-refractivity contribution in [1.82, 2.24) is 54.5 Å². The molecule has 6 aromatic heterocycles. The zero-order valence-electron chi connectivity index (χ0n) is 67.1. The second-order valence-corrected chi connectivity index (χ2v) is 31.2. The van der Waals surface area contributed by atoms with E-state index in [4.69, 9.17) is 30.1 Å². The van der Waals surface area contributed by atoms with Crippen LogP contribution >= 0.6 is 28.3 Å². The highest BCUT2D eigenvalue weighted by molar-refractivity contribution is 9.10. The first-order valence-electron chi connectivity index (χ1n) is 40.0. The van der Waals surface area contributed by atoms with Crippen LogP contribution in [0.25, 0.3) is 72.3 Å². The smallest absolute Gasteiger partial charge is 0.444 e. The number of nitrogens with one attached hydrogen (secondary N) is 4. The number of rotatable bonds is 15. The molecule has 2 aliphatic heterocycles. The Morgan fingerprint density at radius 2 is 0.991 bits per heavy atom. The number of amides is 1. The number of hydrogen-bond donors (Lipinski definition) is 6. The number of aryl methyl sites for hydroxylation is 9. The van der Waals surface area contributed by atoms with Gasteiger partial charge in [0.15, 0.2) is 0 Å². The van der Waals surface area contributed by atoms with Gasteiger partial charge in [-0.15, -0.1) is 12.4 Å². The summed E-state index contributed by atoms with van der Waals surface area (Å²) < 4.78 is 13.0. The lowest BCUT2D eigenvalue weighted by atomic mass is 9.80. The highest BCUT2D eigenvalue weighted by Crippen LogP contribution is 2.41. The summed E-state index contributed by atoms with van der Waals surface area (Å²) >= 11 is 3.76. The van der Waals surface area contributed by atoms with Gasteiger partial charge in [0.25, 0.3) is 0 Å². The third-order valence-corrected chi connectivity index (χ3v) is 22.8. The van der Waals surface area contributed by atoms with Gasteiger partial charge in [0.2, 0.25) is 0 Å². The van der Waals surface area contributed by atoms with E-state index in [0.717, 1.165) is 134 Å². The lowest BCUT2D eigenvalue weighted by Crippen LogP contribution is -2.39. The normalized spacial score (nSPS) is 13.5. The van der Waals surface area contributed by atoms with Crippen LogP contribution in [0.4, 0.5) is 4.79 Å². The standard InChI is InChI=1S/C33H35N3.C24H26N4.C21H28BrN3O2.C8H8BNO2.C8H8O.ClH/c1-4-24-11-8-12-25(5-2)32(24)36-33(28-14-16-30-27(21-28)17-18-34-30)29-20-23(13-15-31(29)35-36)19-26-10-7-6-9-22(26)3;1-3-16-6-5-7-17(4-2)23(16)28-24(20-15-25-12-11-22(20)27-28)19-8-9-21-18(14-19)10-13-26-21;1-6-14-9-8-10-15(7-2)18(14)25-19(22)16-13-24(12-11-17(16)23-25)20(26)27-21(3,4)5;11-9(12)7-1-2-8-6(5-7)3-4-10-8;1-7-4-2-3-5-8(7)6-9;/h6-12,14,16-18,21,23,34H,4-5,13,15,19-20H2,1-3H3;5-10,13-14,25-26H,3-4,11-12,15H2,1-2H3;8-10H,6-7,11-13H2,1-5H3;1-5,10-12H;2-6H,1H3;1H. The number of aromatic amines is 3. The molecule has 584 valence electrons. The number of para-hydroxylation sites is 3. The maximum absolute atomic E-state index is 12.5. The number of benzene rings is 8. The SMILES string of the molecule is CCc1cccc(CC)c1-n1nc2c(c1-c1ccc3[nH]ccc3c1)CC(Cc1ccccc1C)CC2.CCc1cccc(CC)c1-n1nc2c(c1-c1ccc3[nH]ccc3c1)CNCC2.CCc1cccc(CC)c1-n1nc2c(c1Br)CN(C(=O)OC(C)(C)C)CC2.Cc1ccccc1C=O.Cl.OB(O)c1ccc2[nH]ccc2c1. The number of fused-ring (bicyclic) bond motifs is 6. The number of hydrogen-bond acceptors (Lipinski definition) is 9. The van der Waals surface area contributed by atoms with Gasteiger partial charge < -0.3 is 40.0 Å². The molecule has 3 aliphatic rings. The van der Waals surface area contributed by atoms with Gasteiger partial charge in [0.05, 0.1) is 52.1 Å². The van der Waals surface area contributed by atoms with E-state index in [9.17, 15) is 9.59 Å². The number of H-pyrrole nitrogens is 3. The molecule has 1 atom stereocenters. The lowest BCUT2D eigenvalue weighted by Gasteiger charge is -2.29. The van der Waals surface area contributed by atoms with Crippen molar-refractivity contribution in [3.8, 4) is 39.6 Å². The lowest BCUT2D eigenvalue weighted by molar-refractivity contribution is 0.0223. The van der Waals surface area contributed by atoms with E-state index in [0.29, 0.717) is 24.5 Å². The second-order valence-electron chi connectivity index (χ2n) is 30.4. The van der Waals surface area contributed by atoms with E-state index in [1.807, 2.05) is 87.4 Å². The van der Waals surface area contributed by atoms with Crippen molar-refractivity contribution in [3.63, 3.8) is 0 Å². The van der Waals surface area contributed by atoms with E-state index in [-0.39, 0.29) is 18.5 Å². The maximum Gasteiger partial charge on any atom is 0.488 e. The molecule has 19 heteroatoms. The molecule has 0 saturated carbocycles. The molecular weight excluding hydrogens is 1490 g/mol. The van der Waals surface area contributed by atoms with Crippen molar-refractivity contribution in [1.29, 1.82) is 0 Å². The molecule has 16 nitrogen and oxygen atoms in total. The summed E-state index contributed by atoms with van der Waals surface area (Å²) in [6, 6.07) is 61.2. The third kappa shape index (κ3) is 18.3. The molecule has 14 aromatic rings. The molecule has 1 unspecified atom stereocenters. The minimum atomic E-state index is -1.38. The predicted molar refractivity (Wildman–Crippen MR) is 467 cm³/mol. The van der Waals surface area contributed by atoms with Crippen molar-refractivity contribution < 1.29 is 24.4 Å². The first-order valence-corrected chi connectivity index (χ1v) is 40.7. The number of carbonyl (C=O) groups excluding carboxylic acids is 2. The Bertz CT molecular complexity index is 5570. The number of halogens is 2. The quantitative estimate of drug-likeness (QED) is 0.0427. The van der Waals surface area contributed by atoms with Crippen molar-refractivity contribution in [2.75, 3.05) is 13.1 Å². The van der Waals surface area contributed by atoms with Gasteiger partial charge in [0.1, 0.15) is 16.5 Å². The minimum Gasteiger partial charge on any atom is -0.444 e. The largest absolute Gasteiger partial charge is 0.488 e. The number of aromatic nitrogens is 9. The molecule has 0 bridgehead atoms. The van der Waals surface area contributed by atoms with Crippen LogP contribution in [0.2, 0.25) is 0 Å². The average Bonchev–Trinajstić information content (AvgIpc) is 1.62. The molecular formula is C94H106BBrClN11O5. The fourth-order valence-corrected chi connectivity index (χ4v) is 16.6. The van der Waals surface area contributed by atoms with Gasteiger partial charge in [-0.05, 0) is 230 Å². The Balaban J connectivity index is 0.000000139. The van der Waals surface area contributed by atoms with E-state index >= 15 is 0 Å². The highest BCUT2D eigenvalue weighted by atomic mass is 79.9. The van der Waals surface area contributed by atoms with Gasteiger partial charge >= 0.3 is 13.2 Å². The fraction of sp³-hybridized carbons (Fsp3) is 0.309. The topological polar surface area (TPSA) is 200 Å². The predicted octanol–water partition coefficient (Wildman–Crippen LogP) is 19.7. The Morgan fingerprint density at radius 3 is 1.48 bits per heavy atom. The minimum absolute atomic E-state index is 0. The van der Waals surface area contributed by atoms with E-state index in [1.54, 1.807) is 17.0 Å². The molecule has 17 rings (SSSR count). The Morgan fingerprint density at radius 1 is 0.540 bits per heavy atom. The van der Waals surface area contributed by atoms with Gasteiger partial charge in [0, 0.05) is 112 Å². The van der Waals surface area contributed by atoms with Crippen molar-refractivity contribution in [3.05, 3.63) is 289 Å². The first kappa shape index (κ1) is 82.1. The molecule has 0 fully saturated rings. The zero-order valence-corrected chi connectivity index (χ0v) is 69.5. The Kier molecular flexibility index (Phi) is 27.0. The van der Waals surface area contributed by atoms with Gasteiger partial charge in [-0.25, -0.2) is 18.8 Å². The Labute approximate surface area is 679 Å². The summed E-state index contributed by atoms with van der Waals surface area (Å²) in [6.45, 7) is 26.2. The molecule has 1 amide bonds. The van der Waals surface area contributed by atoms with Crippen LogP contribution in [0, 0.1) is 19.8 Å². The monoisotopic (exact) mass is 1590 g/mol. The molecule has 8 aromatic carbocycles. The van der Waals surface area contributed by atoms with Crippen LogP contribution < -0.4 is 10.8 Å². The van der Waals surface area contributed by atoms with Crippen LogP contribution in [-0.2, 0) is 88.5 Å². The van der Waals surface area contributed by atoms with E-state index in [2.05, 4.69) is 221 Å². The molecule has 0 spiro atoms. The molecule has 0 radical (unpaired) electrons. The summed E-state index contributed by atoms with van der Waals surface area (Å²) in [5, 5.41) is 40.2. The summed E-state index contributed by atoms with van der Waals surface area (Å²) in [6.07, 6.45) is 18.5. The molecule has 113 heavy (non-hydrogen) atoms. The fourth-order valence-electron chi connectivity index (χ4n) is 16.0. The number of ether oxygens (including phenoxy) is 1. The highest BCUT2D eigenvalue weighted by Gasteiger charge is 2.33. The van der Waals surface area contributed by atoms with Crippen LogP contribution in [0.3, 0.4) is 0 Å². The Hall–Kier alpha value is -10.3. The molecule has 1 aliphatic carbocycles. The van der Waals surface area contributed by atoms with Crippen molar-refractivity contribution in [2.45, 2.75) is 172 Å². The van der Waals surface area contributed by atoms with Crippen LogP contribution in [-0.4, -0.2) is 97.4 Å². The summed E-state index contributed by atoms with van der Waals surface area (Å²) in [4.78, 5) is 34.1. The maximum atomic E-state index is 12.5. The number of nitrogens with zero attached hydrogens (tertiary/aromatic N) is 7. The number of carbonyl (C=O) groups is 2. The summed E-state index contributed by atoms with van der Waals surface area (Å²) in [5.41, 5.74) is 32.3. The third-order valence-electron chi connectivity index (χ3n) is 22.0. The van der Waals surface area contributed by atoms with Crippen molar-refractivity contribution >= 4 is 86.0 Å². The van der Waals surface area contributed by atoms with Gasteiger partial charge in [-0.3, -0.25) is 4.79 Å². The first-order chi connectivity index (χ1) is 54.3. The molecule has 6 N–H and O–H groups in total. The van der Waals surface area contributed by atoms with Crippen LogP contribution in [0.1, 0.15) is 163 Å². The van der Waals surface area contributed by atoms with E-state index in [1.165, 1.54) is 129 Å². The molecule has 8 heterocycles. The average molecular weight is 1600 g/mol. The zero-order chi connectivity index (χ0) is 78.7. The second kappa shape index (κ2) is 37.1.